The van der Waals surface area contributed by atoms with Crippen molar-refractivity contribution in [3.63, 3.8) is 0 Å². The number of nitrogens with one attached hydrogen (secondary N) is 1. The molecule has 3 aromatic rings. The molecule has 1 amide bonds. The van der Waals surface area contributed by atoms with Crippen LogP contribution in [0.3, 0.4) is 0 Å². The number of amides is 1. The van der Waals surface area contributed by atoms with E-state index >= 15 is 0 Å². The minimum Gasteiger partial charge on any atom is -0.337 e. The molecule has 2 aromatic heterocycles. The number of nitrogens with zero attached hydrogens (tertiary/aromatic N) is 2. The van der Waals surface area contributed by atoms with E-state index in [0.29, 0.717) is 5.69 Å². The summed E-state index contributed by atoms with van der Waals surface area (Å²) >= 11 is 1.77. The highest BCUT2D eigenvalue weighted by Gasteiger charge is 2.38. The maximum absolute atomic E-state index is 12.6. The molecule has 1 unspecified atom stereocenters. The van der Waals surface area contributed by atoms with Crippen LogP contribution < -0.4 is 0 Å². The van der Waals surface area contributed by atoms with Crippen molar-refractivity contribution in [3.05, 3.63) is 81.3 Å². The highest BCUT2D eigenvalue weighted by Crippen LogP contribution is 2.43. The highest BCUT2D eigenvalue weighted by molar-refractivity contribution is 7.10. The second-order valence-corrected chi connectivity index (χ2v) is 7.88. The molecule has 0 spiro atoms. The van der Waals surface area contributed by atoms with Crippen LogP contribution in [0.15, 0.2) is 53.9 Å². The summed E-state index contributed by atoms with van der Waals surface area (Å²) in [5.74, 6) is 0.0433. The average molecular weight is 361 g/mol. The number of allylic oxidation sites excluding steroid dienone is 1. The highest BCUT2D eigenvalue weighted by atomic mass is 32.1. The maximum Gasteiger partial charge on any atom is 0.274 e. The van der Waals surface area contributed by atoms with Gasteiger partial charge in [0.2, 0.25) is 0 Å². The molecular weight excluding hydrogens is 342 g/mol. The molecule has 1 N–H and O–H groups in total. The molecule has 1 aliphatic heterocycles. The minimum atomic E-state index is -0.216. The van der Waals surface area contributed by atoms with Crippen LogP contribution in [0.4, 0.5) is 0 Å². The molecule has 4 nitrogen and oxygen atoms in total. The van der Waals surface area contributed by atoms with Crippen LogP contribution in [0.5, 0.6) is 0 Å². The standard InChI is InChI=1S/C21H19N3OS/c25-20(24-11-5-12-24)19-16-9-10-21(14-17(16)22-23-19,18-8-4-13-26-18)15-6-2-1-3-7-15/h1-4,6-10,13H,5,11-12,14H2,(H,22,23). The summed E-state index contributed by atoms with van der Waals surface area (Å²) in [6.45, 7) is 1.68. The van der Waals surface area contributed by atoms with Crippen molar-refractivity contribution in [1.82, 2.24) is 15.1 Å². The number of aromatic amines is 1. The van der Waals surface area contributed by atoms with E-state index in [9.17, 15) is 4.79 Å². The predicted molar refractivity (Wildman–Crippen MR) is 103 cm³/mol. The fourth-order valence-corrected chi connectivity index (χ4v) is 4.80. The van der Waals surface area contributed by atoms with Crippen molar-refractivity contribution in [2.45, 2.75) is 18.3 Å². The molecule has 2 aliphatic rings. The smallest absolute Gasteiger partial charge is 0.274 e. The lowest BCUT2D eigenvalue weighted by Gasteiger charge is -2.33. The average Bonchev–Trinajstić information content (AvgIpc) is 3.30. The SMILES string of the molecule is O=C(c1n[nH]c2c1C=CC(c1ccccc1)(c1cccs1)C2)N1CCC1. The van der Waals surface area contributed by atoms with Crippen molar-refractivity contribution in [1.29, 1.82) is 0 Å². The van der Waals surface area contributed by atoms with Crippen molar-refractivity contribution < 1.29 is 4.79 Å². The molecule has 130 valence electrons. The molecule has 3 heterocycles. The fraction of sp³-hybridized carbons (Fsp3) is 0.238. The third-order valence-electron chi connectivity index (χ3n) is 5.47. The first-order valence-electron chi connectivity index (χ1n) is 8.93. The van der Waals surface area contributed by atoms with Gasteiger partial charge in [0.1, 0.15) is 0 Å². The Morgan fingerprint density at radius 2 is 2.00 bits per heavy atom. The van der Waals surface area contributed by atoms with Crippen molar-refractivity contribution in [2.75, 3.05) is 13.1 Å². The van der Waals surface area contributed by atoms with Gasteiger partial charge in [0.15, 0.2) is 5.69 Å². The minimum absolute atomic E-state index is 0.0433. The van der Waals surface area contributed by atoms with Crippen LogP contribution in [0.1, 0.15) is 38.6 Å². The van der Waals surface area contributed by atoms with Gasteiger partial charge in [-0.3, -0.25) is 9.89 Å². The molecule has 5 rings (SSSR count). The summed E-state index contributed by atoms with van der Waals surface area (Å²) in [5.41, 5.74) is 3.59. The monoisotopic (exact) mass is 361 g/mol. The lowest BCUT2D eigenvalue weighted by atomic mass is 9.72. The summed E-state index contributed by atoms with van der Waals surface area (Å²) in [4.78, 5) is 15.8. The normalized spacial score (nSPS) is 21.3. The van der Waals surface area contributed by atoms with Crippen LogP contribution >= 0.6 is 11.3 Å². The number of hydrogen-bond acceptors (Lipinski definition) is 3. The van der Waals surface area contributed by atoms with Gasteiger partial charge < -0.3 is 4.90 Å². The summed E-state index contributed by atoms with van der Waals surface area (Å²) < 4.78 is 0. The Hall–Kier alpha value is -2.66. The first-order valence-corrected chi connectivity index (χ1v) is 9.81. The van der Waals surface area contributed by atoms with E-state index in [1.54, 1.807) is 11.3 Å². The molecule has 1 saturated heterocycles. The lowest BCUT2D eigenvalue weighted by Crippen LogP contribution is -2.42. The Bertz CT molecular complexity index is 970. The third-order valence-corrected chi connectivity index (χ3v) is 6.52. The Morgan fingerprint density at radius 3 is 2.69 bits per heavy atom. The van der Waals surface area contributed by atoms with Gasteiger partial charge in [-0.1, -0.05) is 48.6 Å². The topological polar surface area (TPSA) is 49.0 Å². The Labute approximate surface area is 156 Å². The second kappa shape index (κ2) is 5.95. The molecular formula is C21H19N3OS. The van der Waals surface area contributed by atoms with Crippen LogP contribution in [0, 0.1) is 0 Å². The Kier molecular flexibility index (Phi) is 3.57. The quantitative estimate of drug-likeness (QED) is 0.770. The van der Waals surface area contributed by atoms with Crippen LogP contribution in [-0.2, 0) is 11.8 Å². The summed E-state index contributed by atoms with van der Waals surface area (Å²) in [6, 6.07) is 14.9. The number of likely N-dealkylation sites (tertiary alicyclic amines) is 1. The fourth-order valence-electron chi connectivity index (χ4n) is 3.87. The Balaban J connectivity index is 1.59. The van der Waals surface area contributed by atoms with E-state index in [1.165, 1.54) is 10.4 Å². The molecule has 26 heavy (non-hydrogen) atoms. The maximum atomic E-state index is 12.6. The van der Waals surface area contributed by atoms with Gasteiger partial charge in [-0.2, -0.15) is 5.10 Å². The molecule has 1 aromatic carbocycles. The number of benzene rings is 1. The summed E-state index contributed by atoms with van der Waals surface area (Å²) in [7, 11) is 0. The first-order chi connectivity index (χ1) is 12.8. The van der Waals surface area contributed by atoms with Gasteiger partial charge in [-0.15, -0.1) is 11.3 Å². The summed E-state index contributed by atoms with van der Waals surface area (Å²) in [6.07, 6.45) is 6.20. The molecule has 1 atom stereocenters. The van der Waals surface area contributed by atoms with Crippen LogP contribution in [0.2, 0.25) is 0 Å². The van der Waals surface area contributed by atoms with E-state index in [1.807, 2.05) is 11.0 Å². The van der Waals surface area contributed by atoms with Crippen molar-refractivity contribution in [2.24, 2.45) is 0 Å². The largest absolute Gasteiger partial charge is 0.337 e. The van der Waals surface area contributed by atoms with E-state index in [2.05, 4.69) is 64.1 Å². The van der Waals surface area contributed by atoms with Gasteiger partial charge in [0, 0.05) is 35.6 Å². The molecule has 1 aliphatic carbocycles. The van der Waals surface area contributed by atoms with E-state index in [0.717, 1.165) is 37.2 Å². The van der Waals surface area contributed by atoms with Crippen LogP contribution in [0.25, 0.3) is 6.08 Å². The van der Waals surface area contributed by atoms with Gasteiger partial charge in [-0.05, 0) is 23.4 Å². The number of rotatable bonds is 3. The second-order valence-electron chi connectivity index (χ2n) is 6.93. The predicted octanol–water partition coefficient (Wildman–Crippen LogP) is 3.87. The number of thiophene rings is 1. The van der Waals surface area contributed by atoms with E-state index in [-0.39, 0.29) is 11.3 Å². The zero-order chi connectivity index (χ0) is 17.6. The number of fused-ring (bicyclic) bond motifs is 1. The number of H-pyrrole nitrogens is 1. The van der Waals surface area contributed by atoms with Gasteiger partial charge >= 0.3 is 0 Å². The number of carbonyl (C=O) groups excluding carboxylic acids is 1. The molecule has 0 radical (unpaired) electrons. The third kappa shape index (κ3) is 2.27. The summed E-state index contributed by atoms with van der Waals surface area (Å²) in [5, 5.41) is 9.65. The van der Waals surface area contributed by atoms with Crippen LogP contribution in [-0.4, -0.2) is 34.1 Å². The van der Waals surface area contributed by atoms with E-state index in [4.69, 9.17) is 0 Å². The Morgan fingerprint density at radius 1 is 1.15 bits per heavy atom. The zero-order valence-corrected chi connectivity index (χ0v) is 15.1. The first kappa shape index (κ1) is 15.6. The molecule has 0 bridgehead atoms. The van der Waals surface area contributed by atoms with Crippen molar-refractivity contribution >= 4 is 23.3 Å². The zero-order valence-electron chi connectivity index (χ0n) is 14.3. The molecule has 5 heteroatoms. The molecule has 1 fully saturated rings. The van der Waals surface area contributed by atoms with Gasteiger partial charge in [-0.25, -0.2) is 0 Å². The van der Waals surface area contributed by atoms with E-state index < -0.39 is 0 Å². The number of aromatic nitrogens is 2. The van der Waals surface area contributed by atoms with Gasteiger partial charge in [0.05, 0.1) is 5.41 Å². The van der Waals surface area contributed by atoms with Crippen molar-refractivity contribution in [3.8, 4) is 0 Å². The number of carbonyl (C=O) groups is 1. The number of hydrogen-bond donors (Lipinski definition) is 1. The molecule has 0 saturated carbocycles. The lowest BCUT2D eigenvalue weighted by molar-refractivity contribution is 0.0645. The van der Waals surface area contributed by atoms with Gasteiger partial charge in [0.25, 0.3) is 5.91 Å².